The van der Waals surface area contributed by atoms with Gasteiger partial charge in [0.05, 0.1) is 29.5 Å². The molecule has 0 aliphatic carbocycles. The maximum Gasteiger partial charge on any atom is 0.338 e. The van der Waals surface area contributed by atoms with Crippen LogP contribution in [0.1, 0.15) is 37.6 Å². The van der Waals surface area contributed by atoms with Gasteiger partial charge < -0.3 is 25.4 Å². The summed E-state index contributed by atoms with van der Waals surface area (Å²) in [4.78, 5) is 47.6. The highest BCUT2D eigenvalue weighted by atomic mass is 16.5. The van der Waals surface area contributed by atoms with Crippen LogP contribution < -0.4 is 16.0 Å². The Morgan fingerprint density at radius 3 is 2.54 bits per heavy atom. The molecule has 0 saturated carbocycles. The number of hydrogen-bond acceptors (Lipinski definition) is 6. The van der Waals surface area contributed by atoms with E-state index in [2.05, 4.69) is 16.0 Å². The average molecular weight is 389 g/mol. The highest BCUT2D eigenvalue weighted by Crippen LogP contribution is 2.18. The van der Waals surface area contributed by atoms with Crippen molar-refractivity contribution in [3.05, 3.63) is 41.1 Å². The summed E-state index contributed by atoms with van der Waals surface area (Å²) in [7, 11) is 0. The number of amides is 3. The third-order valence-electron chi connectivity index (χ3n) is 3.91. The maximum atomic E-state index is 12.4. The summed E-state index contributed by atoms with van der Waals surface area (Å²) < 4.78 is 10.3. The van der Waals surface area contributed by atoms with Gasteiger partial charge in [-0.25, -0.2) is 14.4 Å². The monoisotopic (exact) mass is 389 g/mol. The molecule has 0 fully saturated rings. The molecule has 0 spiro atoms. The molecule has 9 nitrogen and oxygen atoms in total. The normalized spacial score (nSPS) is 16.0. The molecule has 1 aliphatic heterocycles. The van der Waals surface area contributed by atoms with Gasteiger partial charge in [0.2, 0.25) is 5.91 Å². The number of carbonyl (C=O) groups is 4. The molecule has 0 unspecified atom stereocenters. The Kier molecular flexibility index (Phi) is 7.14. The SMILES string of the molecule is CCOC(=O)C1=C(COC(=O)c2cccc(NC(C)=O)c2)NC(=O)N[C@@H]1CC. The Balaban J connectivity index is 2.19. The Bertz CT molecular complexity index is 818. The van der Waals surface area contributed by atoms with Crippen molar-refractivity contribution in [2.75, 3.05) is 18.5 Å². The topological polar surface area (TPSA) is 123 Å². The van der Waals surface area contributed by atoms with E-state index in [-0.39, 0.29) is 36.0 Å². The van der Waals surface area contributed by atoms with E-state index in [1.807, 2.05) is 6.92 Å². The van der Waals surface area contributed by atoms with Gasteiger partial charge in [-0.3, -0.25) is 4.79 Å². The molecule has 0 saturated heterocycles. The van der Waals surface area contributed by atoms with Crippen LogP contribution in [0.2, 0.25) is 0 Å². The minimum atomic E-state index is -0.663. The highest BCUT2D eigenvalue weighted by molar-refractivity contribution is 5.96. The van der Waals surface area contributed by atoms with E-state index < -0.39 is 24.0 Å². The number of esters is 2. The first-order chi connectivity index (χ1) is 13.3. The molecule has 0 bridgehead atoms. The van der Waals surface area contributed by atoms with Crippen LogP contribution >= 0.6 is 0 Å². The first-order valence-corrected chi connectivity index (χ1v) is 8.88. The number of nitrogens with one attached hydrogen (secondary N) is 3. The van der Waals surface area contributed by atoms with E-state index in [0.717, 1.165) is 0 Å². The van der Waals surface area contributed by atoms with Crippen molar-refractivity contribution in [2.24, 2.45) is 0 Å². The molecular formula is C19H23N3O6. The standard InChI is InChI=1S/C19H23N3O6/c1-4-14-16(18(25)27-5-2)15(22-19(26)21-14)10-28-17(24)12-7-6-8-13(9-12)20-11(3)23/h6-9,14H,4-5,10H2,1-3H3,(H,20,23)(H2,21,22,26)/t14-/m1/s1. The molecule has 1 atom stereocenters. The van der Waals surface area contributed by atoms with Crippen LogP contribution in [0.3, 0.4) is 0 Å². The lowest BCUT2D eigenvalue weighted by atomic mass is 10.0. The van der Waals surface area contributed by atoms with Gasteiger partial charge >= 0.3 is 18.0 Å². The number of hydrogen-bond donors (Lipinski definition) is 3. The van der Waals surface area contributed by atoms with Crippen molar-refractivity contribution < 1.29 is 28.7 Å². The van der Waals surface area contributed by atoms with Crippen LogP contribution in [0, 0.1) is 0 Å². The van der Waals surface area contributed by atoms with Gasteiger partial charge in [0.15, 0.2) is 0 Å². The third kappa shape index (κ3) is 5.32. The Hall–Kier alpha value is -3.36. The predicted molar refractivity (Wildman–Crippen MR) is 100 cm³/mol. The van der Waals surface area contributed by atoms with Crippen LogP contribution in [0.15, 0.2) is 35.5 Å². The molecule has 0 aromatic heterocycles. The molecule has 1 aromatic rings. The second kappa shape index (κ2) is 9.54. The van der Waals surface area contributed by atoms with Crippen LogP contribution in [-0.2, 0) is 19.1 Å². The summed E-state index contributed by atoms with van der Waals surface area (Å²) in [5, 5.41) is 7.73. The van der Waals surface area contributed by atoms with Crippen molar-refractivity contribution in [2.45, 2.75) is 33.2 Å². The summed E-state index contributed by atoms with van der Waals surface area (Å²) in [6.07, 6.45) is 0.470. The molecular weight excluding hydrogens is 366 g/mol. The predicted octanol–water partition coefficient (Wildman–Crippen LogP) is 1.71. The molecule has 3 amide bonds. The fourth-order valence-electron chi connectivity index (χ4n) is 2.72. The van der Waals surface area contributed by atoms with E-state index in [4.69, 9.17) is 9.47 Å². The summed E-state index contributed by atoms with van der Waals surface area (Å²) in [6.45, 7) is 4.72. The molecule has 0 radical (unpaired) electrons. The second-order valence-corrected chi connectivity index (χ2v) is 6.01. The Morgan fingerprint density at radius 2 is 1.89 bits per heavy atom. The lowest BCUT2D eigenvalue weighted by Crippen LogP contribution is -2.51. The first-order valence-electron chi connectivity index (χ1n) is 8.88. The van der Waals surface area contributed by atoms with Crippen LogP contribution in [0.5, 0.6) is 0 Å². The van der Waals surface area contributed by atoms with E-state index in [9.17, 15) is 19.2 Å². The summed E-state index contributed by atoms with van der Waals surface area (Å²) in [6, 6.07) is 5.22. The van der Waals surface area contributed by atoms with Crippen molar-refractivity contribution >= 4 is 29.6 Å². The quantitative estimate of drug-likeness (QED) is 0.610. The van der Waals surface area contributed by atoms with Crippen molar-refractivity contribution in [1.29, 1.82) is 0 Å². The second-order valence-electron chi connectivity index (χ2n) is 6.01. The van der Waals surface area contributed by atoms with E-state index in [1.54, 1.807) is 19.1 Å². The zero-order chi connectivity index (χ0) is 20.7. The molecule has 1 aromatic carbocycles. The lowest BCUT2D eigenvalue weighted by Gasteiger charge is -2.28. The number of rotatable bonds is 7. The van der Waals surface area contributed by atoms with E-state index >= 15 is 0 Å². The molecule has 9 heteroatoms. The van der Waals surface area contributed by atoms with Crippen LogP contribution in [0.25, 0.3) is 0 Å². The largest absolute Gasteiger partial charge is 0.463 e. The molecule has 1 heterocycles. The van der Waals surface area contributed by atoms with Crippen LogP contribution in [-0.4, -0.2) is 43.1 Å². The summed E-state index contributed by atoms with van der Waals surface area (Å²) in [5.41, 5.74) is 1.08. The number of ether oxygens (including phenoxy) is 2. The van der Waals surface area contributed by atoms with E-state index in [0.29, 0.717) is 12.1 Å². The van der Waals surface area contributed by atoms with Gasteiger partial charge in [-0.15, -0.1) is 0 Å². The third-order valence-corrected chi connectivity index (χ3v) is 3.91. The Morgan fingerprint density at radius 1 is 1.14 bits per heavy atom. The molecule has 2 rings (SSSR count). The molecule has 28 heavy (non-hydrogen) atoms. The number of carbonyl (C=O) groups excluding carboxylic acids is 4. The fourth-order valence-corrected chi connectivity index (χ4v) is 2.72. The molecule has 3 N–H and O–H groups in total. The minimum Gasteiger partial charge on any atom is -0.463 e. The number of anilines is 1. The smallest absolute Gasteiger partial charge is 0.338 e. The van der Waals surface area contributed by atoms with Crippen molar-refractivity contribution in [3.63, 3.8) is 0 Å². The summed E-state index contributed by atoms with van der Waals surface area (Å²) in [5.74, 6) is -1.51. The number of benzene rings is 1. The van der Waals surface area contributed by atoms with Gasteiger partial charge in [0, 0.05) is 12.6 Å². The molecule has 150 valence electrons. The average Bonchev–Trinajstić information content (AvgIpc) is 2.65. The van der Waals surface area contributed by atoms with Gasteiger partial charge in [-0.05, 0) is 31.5 Å². The number of urea groups is 1. The minimum absolute atomic E-state index is 0.176. The van der Waals surface area contributed by atoms with Crippen LogP contribution in [0.4, 0.5) is 10.5 Å². The van der Waals surface area contributed by atoms with E-state index in [1.165, 1.54) is 19.1 Å². The highest BCUT2D eigenvalue weighted by Gasteiger charge is 2.32. The van der Waals surface area contributed by atoms with Gasteiger partial charge in [0.25, 0.3) is 0 Å². The van der Waals surface area contributed by atoms with Gasteiger partial charge in [-0.1, -0.05) is 13.0 Å². The first kappa shape index (κ1) is 20.9. The van der Waals surface area contributed by atoms with Gasteiger partial charge in [-0.2, -0.15) is 0 Å². The Labute approximate surface area is 162 Å². The van der Waals surface area contributed by atoms with Gasteiger partial charge in [0.1, 0.15) is 6.61 Å². The summed E-state index contributed by atoms with van der Waals surface area (Å²) >= 11 is 0. The van der Waals surface area contributed by atoms with Crippen molar-refractivity contribution in [1.82, 2.24) is 10.6 Å². The lowest BCUT2D eigenvalue weighted by molar-refractivity contribution is -0.139. The fraction of sp³-hybridized carbons (Fsp3) is 0.368. The zero-order valence-corrected chi connectivity index (χ0v) is 16.0. The molecule has 1 aliphatic rings. The maximum absolute atomic E-state index is 12.4. The van der Waals surface area contributed by atoms with Crippen molar-refractivity contribution in [3.8, 4) is 0 Å². The zero-order valence-electron chi connectivity index (χ0n) is 16.0.